The van der Waals surface area contributed by atoms with Crippen molar-refractivity contribution in [1.82, 2.24) is 0 Å². The van der Waals surface area contributed by atoms with Gasteiger partial charge < -0.3 is 9.59 Å². The maximum Gasteiger partial charge on any atom is 0.303 e. The average molecular weight is 413 g/mol. The zero-order valence-electron chi connectivity index (χ0n) is 20.4. The molecule has 0 saturated carbocycles. The lowest BCUT2D eigenvalue weighted by Crippen LogP contribution is -2.50. The van der Waals surface area contributed by atoms with Crippen molar-refractivity contribution in [3.05, 3.63) is 0 Å². The van der Waals surface area contributed by atoms with Crippen LogP contribution in [0, 0.1) is 0 Å². The Morgan fingerprint density at radius 2 is 0.828 bits per heavy atom. The molecule has 0 atom stereocenters. The summed E-state index contributed by atoms with van der Waals surface area (Å²) in [6.07, 6.45) is 22.6. The van der Waals surface area contributed by atoms with Gasteiger partial charge >= 0.3 is 5.97 Å². The second kappa shape index (κ2) is 20.7. The summed E-state index contributed by atoms with van der Waals surface area (Å²) in [6, 6.07) is 0. The molecule has 0 aromatic rings. The highest BCUT2D eigenvalue weighted by molar-refractivity contribution is 5.66. The van der Waals surface area contributed by atoms with Crippen molar-refractivity contribution >= 4 is 5.97 Å². The predicted molar refractivity (Wildman–Crippen MR) is 127 cm³/mol. The summed E-state index contributed by atoms with van der Waals surface area (Å²) in [5.41, 5.74) is 0. The van der Waals surface area contributed by atoms with E-state index < -0.39 is 5.97 Å². The number of aliphatic carboxylic acids is 1. The summed E-state index contributed by atoms with van der Waals surface area (Å²) in [5, 5.41) is 8.78. The lowest BCUT2D eigenvalue weighted by Gasteiger charge is -2.39. The van der Waals surface area contributed by atoms with Gasteiger partial charge in [0.15, 0.2) is 0 Å². The molecule has 1 N–H and O–H groups in total. The standard InChI is InChI=1S/C26H53NO2/c1-4-7-10-17-22-27(23-18-11-8-5-2,24-19-12-9-6-3)25-20-15-13-14-16-21-26(28)29/h4-25H2,1-3H3/p+1. The van der Waals surface area contributed by atoms with Gasteiger partial charge in [0.1, 0.15) is 0 Å². The fraction of sp³-hybridized carbons (Fsp3) is 0.962. The summed E-state index contributed by atoms with van der Waals surface area (Å²) in [7, 11) is 0. The van der Waals surface area contributed by atoms with Crippen molar-refractivity contribution in [3.63, 3.8) is 0 Å². The van der Waals surface area contributed by atoms with Crippen molar-refractivity contribution in [2.45, 2.75) is 136 Å². The number of nitrogens with zero attached hydrogens (tertiary/aromatic N) is 1. The number of unbranched alkanes of at least 4 members (excludes halogenated alkanes) is 13. The molecule has 0 fully saturated rings. The van der Waals surface area contributed by atoms with Crippen LogP contribution in [0.5, 0.6) is 0 Å². The zero-order chi connectivity index (χ0) is 21.6. The first kappa shape index (κ1) is 28.4. The van der Waals surface area contributed by atoms with Gasteiger partial charge in [-0.25, -0.2) is 0 Å². The number of carboxylic acid groups (broad SMARTS) is 1. The maximum atomic E-state index is 10.7. The normalized spacial score (nSPS) is 11.8. The molecular weight excluding hydrogens is 358 g/mol. The van der Waals surface area contributed by atoms with E-state index in [-0.39, 0.29) is 0 Å². The van der Waals surface area contributed by atoms with Crippen LogP contribution in [0.2, 0.25) is 0 Å². The van der Waals surface area contributed by atoms with Gasteiger partial charge in [0.2, 0.25) is 0 Å². The third-order valence-electron chi connectivity index (χ3n) is 6.48. The van der Waals surface area contributed by atoms with Crippen LogP contribution in [0.25, 0.3) is 0 Å². The lowest BCUT2D eigenvalue weighted by molar-refractivity contribution is -0.929. The molecule has 0 aliphatic heterocycles. The summed E-state index contributed by atoms with van der Waals surface area (Å²) in [6.45, 7) is 12.4. The highest BCUT2D eigenvalue weighted by atomic mass is 16.4. The molecule has 174 valence electrons. The van der Waals surface area contributed by atoms with Gasteiger partial charge in [-0.1, -0.05) is 72.1 Å². The Kier molecular flexibility index (Phi) is 20.3. The number of rotatable bonds is 23. The molecule has 0 aromatic heterocycles. The Labute approximate surface area is 183 Å². The molecule has 0 unspecified atom stereocenters. The Bertz CT molecular complexity index is 325. The Morgan fingerprint density at radius 1 is 0.517 bits per heavy atom. The van der Waals surface area contributed by atoms with E-state index in [1.54, 1.807) is 0 Å². The van der Waals surface area contributed by atoms with Crippen molar-refractivity contribution < 1.29 is 14.4 Å². The number of carbonyl (C=O) groups is 1. The van der Waals surface area contributed by atoms with E-state index >= 15 is 0 Å². The average Bonchev–Trinajstić information content (AvgIpc) is 2.71. The van der Waals surface area contributed by atoms with Crippen LogP contribution in [0.1, 0.15) is 136 Å². The van der Waals surface area contributed by atoms with E-state index in [0.29, 0.717) is 6.42 Å². The molecule has 0 radical (unpaired) electrons. The molecule has 0 saturated heterocycles. The SMILES string of the molecule is CCCCCC[N+](CCCCCC)(CCCCCC)CCCCCCCC(=O)O. The van der Waals surface area contributed by atoms with Gasteiger partial charge in [-0.3, -0.25) is 4.79 Å². The van der Waals surface area contributed by atoms with Crippen molar-refractivity contribution in [3.8, 4) is 0 Å². The van der Waals surface area contributed by atoms with Gasteiger partial charge in [-0.05, 0) is 57.8 Å². The first-order valence-electron chi connectivity index (χ1n) is 13.2. The third-order valence-corrected chi connectivity index (χ3v) is 6.48. The molecule has 0 aliphatic rings. The minimum atomic E-state index is -0.646. The molecule has 29 heavy (non-hydrogen) atoms. The molecule has 0 aromatic carbocycles. The van der Waals surface area contributed by atoms with Crippen LogP contribution in [0.3, 0.4) is 0 Å². The summed E-state index contributed by atoms with van der Waals surface area (Å²) < 4.78 is 1.37. The van der Waals surface area contributed by atoms with Crippen molar-refractivity contribution in [1.29, 1.82) is 0 Å². The van der Waals surface area contributed by atoms with E-state index in [1.165, 1.54) is 127 Å². The second-order valence-electron chi connectivity index (χ2n) is 9.33. The first-order valence-corrected chi connectivity index (χ1v) is 13.2. The summed E-state index contributed by atoms with van der Waals surface area (Å²) in [5.74, 6) is -0.646. The van der Waals surface area contributed by atoms with Gasteiger partial charge in [0.05, 0.1) is 26.2 Å². The lowest BCUT2D eigenvalue weighted by atomic mass is 10.1. The van der Waals surface area contributed by atoms with Crippen molar-refractivity contribution in [2.24, 2.45) is 0 Å². The topological polar surface area (TPSA) is 37.3 Å². The van der Waals surface area contributed by atoms with Crippen LogP contribution < -0.4 is 0 Å². The van der Waals surface area contributed by atoms with Crippen LogP contribution >= 0.6 is 0 Å². The first-order chi connectivity index (χ1) is 14.1. The van der Waals surface area contributed by atoms with Gasteiger partial charge in [-0.15, -0.1) is 0 Å². The monoisotopic (exact) mass is 412 g/mol. The van der Waals surface area contributed by atoms with Crippen LogP contribution in [0.15, 0.2) is 0 Å². The summed E-state index contributed by atoms with van der Waals surface area (Å²) in [4.78, 5) is 10.7. The highest BCUT2D eigenvalue weighted by Crippen LogP contribution is 2.20. The van der Waals surface area contributed by atoms with E-state index in [0.717, 1.165) is 12.8 Å². The van der Waals surface area contributed by atoms with Crippen LogP contribution in [-0.2, 0) is 4.79 Å². The number of quaternary nitrogens is 1. The van der Waals surface area contributed by atoms with E-state index in [4.69, 9.17) is 5.11 Å². The molecule has 0 aliphatic carbocycles. The Hall–Kier alpha value is -0.570. The quantitative estimate of drug-likeness (QED) is 0.136. The van der Waals surface area contributed by atoms with E-state index in [1.807, 2.05) is 0 Å². The highest BCUT2D eigenvalue weighted by Gasteiger charge is 2.25. The summed E-state index contributed by atoms with van der Waals surface area (Å²) >= 11 is 0. The smallest absolute Gasteiger partial charge is 0.303 e. The maximum absolute atomic E-state index is 10.7. The molecule has 3 nitrogen and oxygen atoms in total. The molecular formula is C26H54NO2+. The number of hydrogen-bond acceptors (Lipinski definition) is 1. The predicted octanol–water partition coefficient (Wildman–Crippen LogP) is 7.97. The van der Waals surface area contributed by atoms with Crippen LogP contribution in [-0.4, -0.2) is 41.7 Å². The van der Waals surface area contributed by atoms with Gasteiger partial charge in [-0.2, -0.15) is 0 Å². The zero-order valence-corrected chi connectivity index (χ0v) is 20.4. The Balaban J connectivity index is 4.60. The molecule has 0 amide bonds. The fourth-order valence-electron chi connectivity index (χ4n) is 4.55. The molecule has 3 heteroatoms. The van der Waals surface area contributed by atoms with Gasteiger partial charge in [0, 0.05) is 6.42 Å². The third kappa shape index (κ3) is 18.0. The van der Waals surface area contributed by atoms with Crippen LogP contribution in [0.4, 0.5) is 0 Å². The second-order valence-corrected chi connectivity index (χ2v) is 9.33. The molecule has 0 spiro atoms. The van der Waals surface area contributed by atoms with E-state index in [9.17, 15) is 4.79 Å². The largest absolute Gasteiger partial charge is 0.481 e. The van der Waals surface area contributed by atoms with Gasteiger partial charge in [0.25, 0.3) is 0 Å². The number of carboxylic acids is 1. The minimum Gasteiger partial charge on any atom is -0.481 e. The van der Waals surface area contributed by atoms with Crippen molar-refractivity contribution in [2.75, 3.05) is 26.2 Å². The minimum absolute atomic E-state index is 0.340. The Morgan fingerprint density at radius 3 is 1.17 bits per heavy atom. The molecule has 0 rings (SSSR count). The molecule has 0 heterocycles. The molecule has 0 bridgehead atoms. The number of hydrogen-bond donors (Lipinski definition) is 1. The fourth-order valence-corrected chi connectivity index (χ4v) is 4.55. The van der Waals surface area contributed by atoms with E-state index in [2.05, 4.69) is 20.8 Å².